The average Bonchev–Trinajstić information content (AvgIpc) is 3.03. The molecule has 108 valence electrons. The molecule has 0 saturated carbocycles. The Bertz CT molecular complexity index is 587. The molecule has 1 aliphatic rings. The number of anilines is 2. The first-order valence-corrected chi connectivity index (χ1v) is 8.17. The molecule has 2 heterocycles. The average molecular weight is 290 g/mol. The number of fused-ring (bicyclic) bond motifs is 1. The molecule has 0 amide bonds. The molecule has 1 fully saturated rings. The van der Waals surface area contributed by atoms with Crippen LogP contribution in [0.25, 0.3) is 10.2 Å². The standard InChI is InChI=1S/C15H22N4S/c1-11-18-14-10-13(12(16)9-15(14)20-11)17-5-4-8-19-6-2-3-7-19/h9-10,17H,2-8,16H2,1H3. The predicted molar refractivity (Wildman–Crippen MR) is 87.6 cm³/mol. The van der Waals surface area contributed by atoms with E-state index < -0.39 is 0 Å². The van der Waals surface area contributed by atoms with Gasteiger partial charge < -0.3 is 16.0 Å². The van der Waals surface area contributed by atoms with Gasteiger partial charge in [-0.25, -0.2) is 4.98 Å². The van der Waals surface area contributed by atoms with Crippen molar-refractivity contribution in [3.8, 4) is 0 Å². The summed E-state index contributed by atoms with van der Waals surface area (Å²) in [5.41, 5.74) is 8.99. The Hall–Kier alpha value is -1.33. The number of aryl methyl sites for hydroxylation is 1. The maximum atomic E-state index is 6.11. The van der Waals surface area contributed by atoms with Crippen molar-refractivity contribution >= 4 is 32.9 Å². The number of rotatable bonds is 5. The molecule has 4 nitrogen and oxygen atoms in total. The van der Waals surface area contributed by atoms with Gasteiger partial charge in [0, 0.05) is 6.54 Å². The molecular formula is C15H22N4S. The van der Waals surface area contributed by atoms with Crippen LogP contribution in [0.2, 0.25) is 0 Å². The first kappa shape index (κ1) is 13.6. The molecule has 0 unspecified atom stereocenters. The second kappa shape index (κ2) is 5.97. The molecule has 1 aromatic carbocycles. The van der Waals surface area contributed by atoms with Crippen LogP contribution < -0.4 is 11.1 Å². The molecule has 5 heteroatoms. The molecule has 3 rings (SSSR count). The monoisotopic (exact) mass is 290 g/mol. The fourth-order valence-electron chi connectivity index (χ4n) is 2.79. The van der Waals surface area contributed by atoms with Crippen LogP contribution in [0.4, 0.5) is 11.4 Å². The van der Waals surface area contributed by atoms with Crippen molar-refractivity contribution in [2.45, 2.75) is 26.2 Å². The molecule has 0 atom stereocenters. The number of hydrogen-bond acceptors (Lipinski definition) is 5. The third kappa shape index (κ3) is 3.04. The summed E-state index contributed by atoms with van der Waals surface area (Å²) >= 11 is 1.69. The number of thiazole rings is 1. The zero-order chi connectivity index (χ0) is 13.9. The lowest BCUT2D eigenvalue weighted by atomic mass is 10.2. The number of hydrogen-bond donors (Lipinski definition) is 2. The maximum absolute atomic E-state index is 6.11. The van der Waals surface area contributed by atoms with E-state index in [2.05, 4.69) is 21.3 Å². The summed E-state index contributed by atoms with van der Waals surface area (Å²) in [5, 5.41) is 4.54. The lowest BCUT2D eigenvalue weighted by Crippen LogP contribution is -2.22. The quantitative estimate of drug-likeness (QED) is 0.656. The summed E-state index contributed by atoms with van der Waals surface area (Å²) < 4.78 is 1.17. The highest BCUT2D eigenvalue weighted by Crippen LogP contribution is 2.29. The molecule has 2 aromatic rings. The normalized spacial score (nSPS) is 16.1. The van der Waals surface area contributed by atoms with Crippen molar-refractivity contribution in [3.05, 3.63) is 17.1 Å². The van der Waals surface area contributed by atoms with Gasteiger partial charge in [0.25, 0.3) is 0 Å². The lowest BCUT2D eigenvalue weighted by molar-refractivity contribution is 0.337. The number of likely N-dealkylation sites (tertiary alicyclic amines) is 1. The minimum atomic E-state index is 0.822. The highest BCUT2D eigenvalue weighted by atomic mass is 32.1. The molecule has 1 aliphatic heterocycles. The Morgan fingerprint density at radius 3 is 2.95 bits per heavy atom. The molecule has 1 saturated heterocycles. The molecule has 0 spiro atoms. The van der Waals surface area contributed by atoms with E-state index in [0.29, 0.717) is 0 Å². The highest BCUT2D eigenvalue weighted by Gasteiger charge is 2.10. The summed E-state index contributed by atoms with van der Waals surface area (Å²) in [7, 11) is 0. The number of nitrogens with one attached hydrogen (secondary N) is 1. The minimum absolute atomic E-state index is 0.822. The van der Waals surface area contributed by atoms with E-state index in [0.717, 1.165) is 34.9 Å². The summed E-state index contributed by atoms with van der Waals surface area (Å²) in [5.74, 6) is 0. The molecule has 0 radical (unpaired) electrons. The first-order chi connectivity index (χ1) is 9.72. The Morgan fingerprint density at radius 2 is 2.15 bits per heavy atom. The van der Waals surface area contributed by atoms with Gasteiger partial charge in [-0.3, -0.25) is 0 Å². The topological polar surface area (TPSA) is 54.2 Å². The van der Waals surface area contributed by atoms with Gasteiger partial charge in [0.1, 0.15) is 0 Å². The number of nitrogen functional groups attached to an aromatic ring is 1. The summed E-state index contributed by atoms with van der Waals surface area (Å²) in [4.78, 5) is 7.06. The number of nitrogens with two attached hydrogens (primary N) is 1. The molecule has 0 bridgehead atoms. The van der Waals surface area contributed by atoms with E-state index in [1.54, 1.807) is 11.3 Å². The van der Waals surface area contributed by atoms with Gasteiger partial charge in [0.2, 0.25) is 0 Å². The lowest BCUT2D eigenvalue weighted by Gasteiger charge is -2.15. The second-order valence-corrected chi connectivity index (χ2v) is 6.70. The van der Waals surface area contributed by atoms with Crippen LogP contribution in [-0.4, -0.2) is 36.1 Å². The number of aromatic nitrogens is 1. The molecular weight excluding hydrogens is 268 g/mol. The number of benzene rings is 1. The molecule has 0 aliphatic carbocycles. The van der Waals surface area contributed by atoms with Crippen molar-refractivity contribution in [1.29, 1.82) is 0 Å². The van der Waals surface area contributed by atoms with Crippen LogP contribution in [0.5, 0.6) is 0 Å². The Kier molecular flexibility index (Phi) is 4.08. The SMILES string of the molecule is Cc1nc2cc(NCCCN3CCCC3)c(N)cc2s1. The van der Waals surface area contributed by atoms with Crippen LogP contribution in [0.15, 0.2) is 12.1 Å². The third-order valence-corrected chi connectivity index (χ3v) is 4.77. The minimum Gasteiger partial charge on any atom is -0.397 e. The Morgan fingerprint density at radius 1 is 1.35 bits per heavy atom. The van der Waals surface area contributed by atoms with Gasteiger partial charge in [0.05, 0.1) is 26.6 Å². The van der Waals surface area contributed by atoms with E-state index in [9.17, 15) is 0 Å². The zero-order valence-corrected chi connectivity index (χ0v) is 12.8. The van der Waals surface area contributed by atoms with E-state index in [1.807, 2.05) is 13.0 Å². The van der Waals surface area contributed by atoms with E-state index in [4.69, 9.17) is 5.73 Å². The van der Waals surface area contributed by atoms with Gasteiger partial charge in [-0.15, -0.1) is 11.3 Å². The molecule has 1 aromatic heterocycles. The van der Waals surface area contributed by atoms with E-state index >= 15 is 0 Å². The highest BCUT2D eigenvalue weighted by molar-refractivity contribution is 7.18. The Labute approximate surface area is 124 Å². The predicted octanol–water partition coefficient (Wildman–Crippen LogP) is 3.08. The van der Waals surface area contributed by atoms with Crippen molar-refractivity contribution in [2.24, 2.45) is 0 Å². The summed E-state index contributed by atoms with van der Waals surface area (Å²) in [6.07, 6.45) is 3.88. The summed E-state index contributed by atoms with van der Waals surface area (Å²) in [6.45, 7) is 6.72. The van der Waals surface area contributed by atoms with Crippen molar-refractivity contribution in [3.63, 3.8) is 0 Å². The molecule has 20 heavy (non-hydrogen) atoms. The van der Waals surface area contributed by atoms with Gasteiger partial charge in [-0.2, -0.15) is 0 Å². The van der Waals surface area contributed by atoms with Crippen LogP contribution in [-0.2, 0) is 0 Å². The fourth-order valence-corrected chi connectivity index (χ4v) is 3.65. The third-order valence-electron chi connectivity index (χ3n) is 3.83. The van der Waals surface area contributed by atoms with Gasteiger partial charge in [-0.1, -0.05) is 0 Å². The van der Waals surface area contributed by atoms with Crippen molar-refractivity contribution in [2.75, 3.05) is 37.2 Å². The van der Waals surface area contributed by atoms with Gasteiger partial charge >= 0.3 is 0 Å². The van der Waals surface area contributed by atoms with Gasteiger partial charge in [0.15, 0.2) is 0 Å². The van der Waals surface area contributed by atoms with Gasteiger partial charge in [-0.05, 0) is 58.0 Å². The Balaban J connectivity index is 1.57. The van der Waals surface area contributed by atoms with E-state index in [1.165, 1.54) is 37.2 Å². The number of nitrogens with zero attached hydrogens (tertiary/aromatic N) is 2. The first-order valence-electron chi connectivity index (χ1n) is 7.35. The smallest absolute Gasteiger partial charge is 0.0907 e. The zero-order valence-electron chi connectivity index (χ0n) is 12.0. The van der Waals surface area contributed by atoms with E-state index in [-0.39, 0.29) is 0 Å². The van der Waals surface area contributed by atoms with Crippen LogP contribution in [0.3, 0.4) is 0 Å². The fraction of sp³-hybridized carbons (Fsp3) is 0.533. The largest absolute Gasteiger partial charge is 0.397 e. The van der Waals surface area contributed by atoms with Crippen molar-refractivity contribution < 1.29 is 0 Å². The molecule has 3 N–H and O–H groups in total. The van der Waals surface area contributed by atoms with Crippen LogP contribution in [0.1, 0.15) is 24.3 Å². The summed E-state index contributed by atoms with van der Waals surface area (Å²) in [6, 6.07) is 4.10. The van der Waals surface area contributed by atoms with Crippen LogP contribution >= 0.6 is 11.3 Å². The maximum Gasteiger partial charge on any atom is 0.0907 e. The van der Waals surface area contributed by atoms with Crippen LogP contribution in [0, 0.1) is 6.92 Å². The second-order valence-electron chi connectivity index (χ2n) is 5.47. The van der Waals surface area contributed by atoms with Crippen molar-refractivity contribution in [1.82, 2.24) is 9.88 Å².